The van der Waals surface area contributed by atoms with Gasteiger partial charge in [-0.2, -0.15) is 5.26 Å². The number of hydrogen-bond acceptors (Lipinski definition) is 3. The second-order valence-corrected chi connectivity index (χ2v) is 2.68. The highest BCUT2D eigenvalue weighted by atomic mass is 16.6. The van der Waals surface area contributed by atoms with Crippen LogP contribution in [0.5, 0.6) is 0 Å². The molecule has 0 atom stereocenters. The number of non-ortho nitro benzene ring substituents is 1. The molecule has 14 heavy (non-hydrogen) atoms. The fraction of sp³-hybridized carbons (Fsp3) is 0.100. The number of nitro groups is 1. The third-order valence-corrected chi connectivity index (χ3v) is 1.54. The normalized spacial score (nSPS) is 8.29. The molecule has 0 saturated carbocycles. The molecule has 0 aliphatic carbocycles. The molecule has 1 rings (SSSR count). The predicted octanol–water partition coefficient (Wildman–Crippen LogP) is 1.78. The van der Waals surface area contributed by atoms with E-state index in [9.17, 15) is 10.1 Å². The van der Waals surface area contributed by atoms with E-state index in [0.29, 0.717) is 5.56 Å². The van der Waals surface area contributed by atoms with Gasteiger partial charge in [0.25, 0.3) is 5.69 Å². The molecule has 0 heterocycles. The average Bonchev–Trinajstić information content (AvgIpc) is 2.14. The fourth-order valence-electron chi connectivity index (χ4n) is 1.04. The Bertz CT molecular complexity index is 475. The first-order chi connectivity index (χ1) is 6.63. The van der Waals surface area contributed by atoms with Gasteiger partial charge in [-0.05, 0) is 18.6 Å². The van der Waals surface area contributed by atoms with Gasteiger partial charge in [-0.25, -0.2) is 0 Å². The van der Waals surface area contributed by atoms with E-state index in [4.69, 9.17) is 5.26 Å². The van der Waals surface area contributed by atoms with E-state index in [1.165, 1.54) is 12.1 Å². The number of nitrogens with zero attached hydrogens (tertiary/aromatic N) is 2. The molecule has 0 radical (unpaired) electrons. The molecule has 0 fully saturated rings. The second kappa shape index (κ2) is 4.06. The standard InChI is InChI=1S/C10H6N2O2/c1-8-5-9(3-2-4-11)7-10(6-8)12(13)14/h5-7H,1H3. The monoisotopic (exact) mass is 186 g/mol. The summed E-state index contributed by atoms with van der Waals surface area (Å²) < 4.78 is 0. The van der Waals surface area contributed by atoms with Crippen LogP contribution in [0.4, 0.5) is 5.69 Å². The van der Waals surface area contributed by atoms with Crippen molar-refractivity contribution in [2.45, 2.75) is 6.92 Å². The molecule has 0 amide bonds. The molecule has 4 heteroatoms. The topological polar surface area (TPSA) is 66.9 Å². The van der Waals surface area contributed by atoms with Gasteiger partial charge in [0.1, 0.15) is 0 Å². The molecule has 1 aromatic carbocycles. The van der Waals surface area contributed by atoms with Crippen LogP contribution in [0.3, 0.4) is 0 Å². The van der Waals surface area contributed by atoms with Crippen LogP contribution in [0.15, 0.2) is 18.2 Å². The summed E-state index contributed by atoms with van der Waals surface area (Å²) in [6, 6.07) is 6.15. The lowest BCUT2D eigenvalue weighted by Crippen LogP contribution is -1.89. The summed E-state index contributed by atoms with van der Waals surface area (Å²) in [4.78, 5) is 9.99. The Hall–Kier alpha value is -2.33. The summed E-state index contributed by atoms with van der Waals surface area (Å²) in [6.45, 7) is 1.74. The molecule has 0 unspecified atom stereocenters. The largest absolute Gasteiger partial charge is 0.270 e. The number of hydrogen-bond donors (Lipinski definition) is 0. The zero-order valence-corrected chi connectivity index (χ0v) is 7.44. The zero-order valence-electron chi connectivity index (χ0n) is 7.44. The summed E-state index contributed by atoms with van der Waals surface area (Å²) in [5, 5.41) is 18.7. The second-order valence-electron chi connectivity index (χ2n) is 2.68. The third kappa shape index (κ3) is 2.33. The van der Waals surface area contributed by atoms with Crippen LogP contribution in [0.1, 0.15) is 11.1 Å². The van der Waals surface area contributed by atoms with E-state index in [2.05, 4.69) is 11.8 Å². The summed E-state index contributed by atoms with van der Waals surface area (Å²) in [5.74, 6) is 4.71. The zero-order chi connectivity index (χ0) is 10.6. The number of nitro benzene ring substituents is 1. The molecule has 0 aliphatic rings. The Balaban J connectivity index is 3.22. The van der Waals surface area contributed by atoms with Crippen LogP contribution in [0.25, 0.3) is 0 Å². The first kappa shape index (κ1) is 9.76. The minimum absolute atomic E-state index is 0.00719. The lowest BCUT2D eigenvalue weighted by molar-refractivity contribution is -0.384. The first-order valence-corrected chi connectivity index (χ1v) is 3.79. The van der Waals surface area contributed by atoms with Crippen LogP contribution in [-0.2, 0) is 0 Å². The predicted molar refractivity (Wildman–Crippen MR) is 50.3 cm³/mol. The van der Waals surface area contributed by atoms with Crippen molar-refractivity contribution in [1.82, 2.24) is 0 Å². The Kier molecular flexibility index (Phi) is 2.83. The number of aryl methyl sites for hydroxylation is 1. The summed E-state index contributed by atoms with van der Waals surface area (Å²) in [7, 11) is 0. The van der Waals surface area contributed by atoms with Gasteiger partial charge in [0.15, 0.2) is 6.07 Å². The van der Waals surface area contributed by atoms with Crippen LogP contribution in [0, 0.1) is 40.2 Å². The van der Waals surface area contributed by atoms with E-state index >= 15 is 0 Å². The van der Waals surface area contributed by atoms with Crippen molar-refractivity contribution >= 4 is 5.69 Å². The van der Waals surface area contributed by atoms with Crippen molar-refractivity contribution in [3.63, 3.8) is 0 Å². The number of nitriles is 1. The SMILES string of the molecule is Cc1cc(C#CC#N)cc([N+](=O)[O-])c1. The van der Waals surface area contributed by atoms with Crippen molar-refractivity contribution in [2.24, 2.45) is 0 Å². The smallest absolute Gasteiger partial charge is 0.258 e. The van der Waals surface area contributed by atoms with E-state index in [1.807, 2.05) is 0 Å². The Morgan fingerprint density at radius 1 is 1.43 bits per heavy atom. The minimum atomic E-state index is -0.482. The van der Waals surface area contributed by atoms with Crippen molar-refractivity contribution in [3.8, 4) is 17.9 Å². The highest BCUT2D eigenvalue weighted by Crippen LogP contribution is 2.15. The van der Waals surface area contributed by atoms with Crippen LogP contribution in [0.2, 0.25) is 0 Å². The van der Waals surface area contributed by atoms with E-state index in [0.717, 1.165) is 5.56 Å². The molecule has 0 bridgehead atoms. The van der Waals surface area contributed by atoms with Crippen molar-refractivity contribution in [3.05, 3.63) is 39.4 Å². The molecule has 4 nitrogen and oxygen atoms in total. The molecule has 68 valence electrons. The number of benzene rings is 1. The maximum absolute atomic E-state index is 10.5. The highest BCUT2D eigenvalue weighted by Gasteiger charge is 2.06. The summed E-state index contributed by atoms with van der Waals surface area (Å²) in [5.41, 5.74) is 1.23. The third-order valence-electron chi connectivity index (χ3n) is 1.54. The van der Waals surface area contributed by atoms with Gasteiger partial charge >= 0.3 is 0 Å². The van der Waals surface area contributed by atoms with Crippen LogP contribution < -0.4 is 0 Å². The first-order valence-electron chi connectivity index (χ1n) is 3.79. The van der Waals surface area contributed by atoms with E-state index in [-0.39, 0.29) is 5.69 Å². The highest BCUT2D eigenvalue weighted by molar-refractivity contribution is 5.47. The summed E-state index contributed by atoms with van der Waals surface area (Å²) in [6.07, 6.45) is 0. The maximum atomic E-state index is 10.5. The van der Waals surface area contributed by atoms with Gasteiger partial charge < -0.3 is 0 Å². The lowest BCUT2D eigenvalue weighted by atomic mass is 10.1. The van der Waals surface area contributed by atoms with Gasteiger partial charge in [0, 0.05) is 23.6 Å². The molecular weight excluding hydrogens is 180 g/mol. The molecule has 0 saturated heterocycles. The van der Waals surface area contributed by atoms with Crippen LogP contribution in [-0.4, -0.2) is 4.92 Å². The Morgan fingerprint density at radius 2 is 2.14 bits per heavy atom. The Labute approximate surface area is 80.9 Å². The molecule has 1 aromatic rings. The summed E-state index contributed by atoms with van der Waals surface area (Å²) >= 11 is 0. The van der Waals surface area contributed by atoms with Gasteiger partial charge in [-0.1, -0.05) is 5.92 Å². The van der Waals surface area contributed by atoms with Gasteiger partial charge in [-0.3, -0.25) is 10.1 Å². The Morgan fingerprint density at radius 3 is 2.71 bits per heavy atom. The lowest BCUT2D eigenvalue weighted by Gasteiger charge is -1.95. The molecule has 0 spiro atoms. The van der Waals surface area contributed by atoms with Gasteiger partial charge in [-0.15, -0.1) is 0 Å². The molecular formula is C10H6N2O2. The van der Waals surface area contributed by atoms with Crippen molar-refractivity contribution in [2.75, 3.05) is 0 Å². The van der Waals surface area contributed by atoms with Crippen molar-refractivity contribution < 1.29 is 4.92 Å². The van der Waals surface area contributed by atoms with E-state index in [1.54, 1.807) is 19.1 Å². The number of rotatable bonds is 1. The molecule has 0 aliphatic heterocycles. The fourth-order valence-corrected chi connectivity index (χ4v) is 1.04. The molecule has 0 aromatic heterocycles. The molecule has 0 N–H and O–H groups in total. The minimum Gasteiger partial charge on any atom is -0.258 e. The van der Waals surface area contributed by atoms with Gasteiger partial charge in [0.05, 0.1) is 4.92 Å². The average molecular weight is 186 g/mol. The van der Waals surface area contributed by atoms with Crippen molar-refractivity contribution in [1.29, 1.82) is 5.26 Å². The van der Waals surface area contributed by atoms with E-state index < -0.39 is 4.92 Å². The van der Waals surface area contributed by atoms with Crippen LogP contribution >= 0.6 is 0 Å². The quantitative estimate of drug-likeness (QED) is 0.381. The van der Waals surface area contributed by atoms with Gasteiger partial charge in [0.2, 0.25) is 0 Å². The maximum Gasteiger partial charge on any atom is 0.270 e.